The molecule has 1 aliphatic carbocycles. The minimum atomic E-state index is -0.647. The smallest absolute Gasteiger partial charge is 0.268 e. The predicted molar refractivity (Wildman–Crippen MR) is 116 cm³/mol. The molecular weight excluding hydrogens is 394 g/mol. The Labute approximate surface area is 179 Å². The quantitative estimate of drug-likeness (QED) is 0.663. The highest BCUT2D eigenvalue weighted by Crippen LogP contribution is 2.39. The number of ether oxygens (including phenoxy) is 1. The summed E-state index contributed by atoms with van der Waals surface area (Å²) < 4.78 is 5.65. The van der Waals surface area contributed by atoms with Crippen LogP contribution in [0.1, 0.15) is 37.1 Å². The number of aryl methyl sites for hydroxylation is 1. The van der Waals surface area contributed by atoms with Gasteiger partial charge in [0.1, 0.15) is 18.1 Å². The number of hydrogen-bond donors (Lipinski definition) is 2. The molecule has 0 radical (unpaired) electrons. The normalized spacial score (nSPS) is 17.8. The number of para-hydroxylation sites is 2. The molecule has 5 rings (SSSR count). The largest absolute Gasteiger partial charge is 0.479 e. The van der Waals surface area contributed by atoms with Crippen LogP contribution in [0.2, 0.25) is 0 Å². The van der Waals surface area contributed by atoms with Gasteiger partial charge in [0.05, 0.1) is 11.4 Å². The first-order chi connectivity index (χ1) is 15.0. The summed E-state index contributed by atoms with van der Waals surface area (Å²) in [7, 11) is 0. The molecule has 0 saturated heterocycles. The molecule has 8 nitrogen and oxygen atoms in total. The molecule has 31 heavy (non-hydrogen) atoms. The third kappa shape index (κ3) is 3.76. The van der Waals surface area contributed by atoms with E-state index in [4.69, 9.17) is 4.74 Å². The van der Waals surface area contributed by atoms with E-state index < -0.39 is 6.10 Å². The number of aromatic nitrogens is 3. The number of hydrogen-bond acceptors (Lipinski definition) is 5. The zero-order valence-corrected chi connectivity index (χ0v) is 17.4. The van der Waals surface area contributed by atoms with E-state index in [-0.39, 0.29) is 18.4 Å². The molecule has 0 unspecified atom stereocenters. The molecule has 0 bridgehead atoms. The Morgan fingerprint density at radius 3 is 2.87 bits per heavy atom. The lowest BCUT2D eigenvalue weighted by atomic mass is 10.1. The fraction of sp³-hybridized carbons (Fsp3) is 0.304. The van der Waals surface area contributed by atoms with Gasteiger partial charge in [-0.1, -0.05) is 23.8 Å². The minimum absolute atomic E-state index is 0.113. The van der Waals surface area contributed by atoms with Crippen molar-refractivity contribution in [3.63, 3.8) is 0 Å². The van der Waals surface area contributed by atoms with E-state index in [0.717, 1.165) is 29.8 Å². The summed E-state index contributed by atoms with van der Waals surface area (Å²) in [5, 5.41) is 10.3. The van der Waals surface area contributed by atoms with Gasteiger partial charge >= 0.3 is 0 Å². The summed E-state index contributed by atoms with van der Waals surface area (Å²) >= 11 is 0. The molecular formula is C23H23N5O3. The number of fused-ring (bicyclic) bond motifs is 1. The SMILES string of the molecule is Cc1ccc(NC(=O)CN2C(=O)[C@H](C)Oc3ccccc32)c(-c2n[nH]c(C3CC3)n2)c1. The number of nitrogens with one attached hydrogen (secondary N) is 2. The predicted octanol–water partition coefficient (Wildman–Crippen LogP) is 3.41. The Morgan fingerprint density at radius 1 is 1.26 bits per heavy atom. The lowest BCUT2D eigenvalue weighted by Gasteiger charge is -2.32. The fourth-order valence-corrected chi connectivity index (χ4v) is 3.74. The third-order valence-electron chi connectivity index (χ3n) is 5.53. The first-order valence-electron chi connectivity index (χ1n) is 10.4. The summed E-state index contributed by atoms with van der Waals surface area (Å²) in [5.74, 6) is 1.94. The lowest BCUT2D eigenvalue weighted by molar-refractivity contribution is -0.127. The molecule has 158 valence electrons. The highest BCUT2D eigenvalue weighted by Gasteiger charge is 2.33. The Hall–Kier alpha value is -3.68. The second-order valence-electron chi connectivity index (χ2n) is 8.07. The zero-order chi connectivity index (χ0) is 21.5. The number of H-pyrrole nitrogens is 1. The van der Waals surface area contributed by atoms with E-state index in [2.05, 4.69) is 20.5 Å². The van der Waals surface area contributed by atoms with Crippen molar-refractivity contribution in [2.75, 3.05) is 16.8 Å². The monoisotopic (exact) mass is 417 g/mol. The van der Waals surface area contributed by atoms with E-state index in [1.807, 2.05) is 37.3 Å². The molecule has 1 saturated carbocycles. The van der Waals surface area contributed by atoms with Crippen LogP contribution in [-0.2, 0) is 9.59 Å². The fourth-order valence-electron chi connectivity index (χ4n) is 3.74. The maximum Gasteiger partial charge on any atom is 0.268 e. The Balaban J connectivity index is 1.39. The second kappa shape index (κ2) is 7.54. The van der Waals surface area contributed by atoms with Gasteiger partial charge in [-0.3, -0.25) is 19.6 Å². The maximum atomic E-state index is 12.9. The van der Waals surface area contributed by atoms with Crippen molar-refractivity contribution in [2.45, 2.75) is 38.7 Å². The van der Waals surface area contributed by atoms with E-state index >= 15 is 0 Å². The lowest BCUT2D eigenvalue weighted by Crippen LogP contribution is -2.47. The van der Waals surface area contributed by atoms with Crippen molar-refractivity contribution in [3.05, 3.63) is 53.9 Å². The van der Waals surface area contributed by atoms with Crippen molar-refractivity contribution < 1.29 is 14.3 Å². The Morgan fingerprint density at radius 2 is 2.06 bits per heavy atom. The van der Waals surface area contributed by atoms with E-state index in [1.165, 1.54) is 4.90 Å². The second-order valence-corrected chi connectivity index (χ2v) is 8.07. The molecule has 2 aromatic carbocycles. The van der Waals surface area contributed by atoms with Crippen LogP contribution in [0, 0.1) is 6.92 Å². The van der Waals surface area contributed by atoms with Crippen LogP contribution in [0.3, 0.4) is 0 Å². The highest BCUT2D eigenvalue weighted by atomic mass is 16.5. The molecule has 0 spiro atoms. The van der Waals surface area contributed by atoms with Crippen molar-refractivity contribution in [1.82, 2.24) is 15.2 Å². The van der Waals surface area contributed by atoms with E-state index in [0.29, 0.717) is 28.9 Å². The molecule has 2 N–H and O–H groups in total. The van der Waals surface area contributed by atoms with Crippen LogP contribution < -0.4 is 15.0 Å². The van der Waals surface area contributed by atoms with Gasteiger partial charge in [0, 0.05) is 11.5 Å². The first-order valence-corrected chi connectivity index (χ1v) is 10.4. The maximum absolute atomic E-state index is 12.9. The number of aromatic amines is 1. The Kier molecular flexibility index (Phi) is 4.69. The number of carbonyl (C=O) groups excluding carboxylic acids is 2. The van der Waals surface area contributed by atoms with Gasteiger partial charge in [0.2, 0.25) is 5.91 Å². The van der Waals surface area contributed by atoms with Crippen molar-refractivity contribution in [3.8, 4) is 17.1 Å². The molecule has 2 amide bonds. The molecule has 3 aromatic rings. The number of amides is 2. The summed E-state index contributed by atoms with van der Waals surface area (Å²) in [6, 6.07) is 12.9. The average Bonchev–Trinajstić information content (AvgIpc) is 3.49. The molecule has 1 aromatic heterocycles. The van der Waals surface area contributed by atoms with Crippen molar-refractivity contribution >= 4 is 23.2 Å². The Bertz CT molecular complexity index is 1170. The summed E-state index contributed by atoms with van der Waals surface area (Å²) in [4.78, 5) is 31.7. The molecule has 1 aliphatic heterocycles. The van der Waals surface area contributed by atoms with Crippen LogP contribution >= 0.6 is 0 Å². The molecule has 2 heterocycles. The summed E-state index contributed by atoms with van der Waals surface area (Å²) in [6.07, 6.45) is 1.60. The third-order valence-corrected chi connectivity index (χ3v) is 5.53. The van der Waals surface area contributed by atoms with Gasteiger partial charge < -0.3 is 10.1 Å². The van der Waals surface area contributed by atoms with Gasteiger partial charge in [-0.2, -0.15) is 5.10 Å². The van der Waals surface area contributed by atoms with Gasteiger partial charge in [0.25, 0.3) is 5.91 Å². The van der Waals surface area contributed by atoms with Crippen LogP contribution in [0.25, 0.3) is 11.4 Å². The molecule has 1 atom stereocenters. The minimum Gasteiger partial charge on any atom is -0.479 e. The number of benzene rings is 2. The topological polar surface area (TPSA) is 100 Å². The van der Waals surface area contributed by atoms with Crippen LogP contribution in [0.5, 0.6) is 5.75 Å². The molecule has 8 heteroatoms. The first kappa shape index (κ1) is 19.3. The summed E-state index contributed by atoms with van der Waals surface area (Å²) in [5.41, 5.74) is 2.99. The highest BCUT2D eigenvalue weighted by molar-refractivity contribution is 6.06. The van der Waals surface area contributed by atoms with Crippen molar-refractivity contribution in [1.29, 1.82) is 0 Å². The van der Waals surface area contributed by atoms with E-state index in [9.17, 15) is 9.59 Å². The van der Waals surface area contributed by atoms with Crippen LogP contribution in [-0.4, -0.2) is 39.6 Å². The summed E-state index contributed by atoms with van der Waals surface area (Å²) in [6.45, 7) is 3.55. The van der Waals surface area contributed by atoms with Gasteiger partial charge in [-0.15, -0.1) is 0 Å². The number of carbonyl (C=O) groups is 2. The van der Waals surface area contributed by atoms with Gasteiger partial charge in [-0.05, 0) is 51.0 Å². The molecule has 1 fully saturated rings. The molecule has 2 aliphatic rings. The van der Waals surface area contributed by atoms with Crippen LogP contribution in [0.15, 0.2) is 42.5 Å². The van der Waals surface area contributed by atoms with Crippen LogP contribution in [0.4, 0.5) is 11.4 Å². The number of nitrogens with zero attached hydrogens (tertiary/aromatic N) is 3. The zero-order valence-electron chi connectivity index (χ0n) is 17.4. The number of rotatable bonds is 5. The van der Waals surface area contributed by atoms with Gasteiger partial charge in [-0.25, -0.2) is 4.98 Å². The standard InChI is InChI=1S/C23H23N5O3/c1-13-7-10-17(16(11-13)22-25-21(26-27-22)15-8-9-15)24-20(29)12-28-18-5-3-4-6-19(18)31-14(2)23(28)30/h3-7,10-11,14-15H,8-9,12H2,1-2H3,(H,24,29)(H,25,26,27)/t14-/m0/s1. The van der Waals surface area contributed by atoms with Gasteiger partial charge in [0.15, 0.2) is 11.9 Å². The van der Waals surface area contributed by atoms with E-state index in [1.54, 1.807) is 19.1 Å². The number of anilines is 2. The van der Waals surface area contributed by atoms with Crippen molar-refractivity contribution in [2.24, 2.45) is 0 Å². The average molecular weight is 417 g/mol.